The Labute approximate surface area is 84.1 Å². The summed E-state index contributed by atoms with van der Waals surface area (Å²) >= 11 is 0. The standard InChI is InChI=1S/C11H15NO2/c1-3-9(2)8-14-11(13)10-6-4-5-7-12-10/h4-7,9H,3,8H2,1-2H3. The maximum atomic E-state index is 11.4. The summed E-state index contributed by atoms with van der Waals surface area (Å²) in [6.07, 6.45) is 2.59. The molecule has 3 heteroatoms. The molecule has 76 valence electrons. The van der Waals surface area contributed by atoms with Gasteiger partial charge in [-0.05, 0) is 18.1 Å². The van der Waals surface area contributed by atoms with Gasteiger partial charge in [0, 0.05) is 6.20 Å². The summed E-state index contributed by atoms with van der Waals surface area (Å²) in [5.74, 6) is 0.0635. The van der Waals surface area contributed by atoms with E-state index in [0.717, 1.165) is 6.42 Å². The molecule has 1 rings (SSSR count). The molecule has 1 aromatic heterocycles. The lowest BCUT2D eigenvalue weighted by Gasteiger charge is -2.08. The number of ether oxygens (including phenoxy) is 1. The van der Waals surface area contributed by atoms with Crippen LogP contribution in [0.25, 0.3) is 0 Å². The normalized spacial score (nSPS) is 12.1. The molecule has 0 aliphatic carbocycles. The minimum absolute atomic E-state index is 0.342. The van der Waals surface area contributed by atoms with Crippen molar-refractivity contribution in [2.45, 2.75) is 20.3 Å². The van der Waals surface area contributed by atoms with Gasteiger partial charge in [-0.1, -0.05) is 26.3 Å². The zero-order valence-electron chi connectivity index (χ0n) is 8.56. The Morgan fingerprint density at radius 1 is 1.57 bits per heavy atom. The third kappa shape index (κ3) is 3.17. The molecule has 1 heterocycles. The molecule has 14 heavy (non-hydrogen) atoms. The molecule has 0 aliphatic heterocycles. The number of carbonyl (C=O) groups excluding carboxylic acids is 1. The van der Waals surface area contributed by atoms with E-state index in [9.17, 15) is 4.79 Å². The highest BCUT2D eigenvalue weighted by atomic mass is 16.5. The van der Waals surface area contributed by atoms with Crippen molar-refractivity contribution < 1.29 is 9.53 Å². The molecule has 0 amide bonds. The van der Waals surface area contributed by atoms with Gasteiger partial charge in [0.05, 0.1) is 6.61 Å². The molecular formula is C11H15NO2. The van der Waals surface area contributed by atoms with Gasteiger partial charge in [-0.15, -0.1) is 0 Å². The Morgan fingerprint density at radius 3 is 2.93 bits per heavy atom. The smallest absolute Gasteiger partial charge is 0.356 e. The molecule has 0 saturated carbocycles. The van der Waals surface area contributed by atoms with Crippen molar-refractivity contribution in [3.8, 4) is 0 Å². The highest BCUT2D eigenvalue weighted by Crippen LogP contribution is 2.03. The van der Waals surface area contributed by atoms with Gasteiger partial charge >= 0.3 is 5.97 Å². The molecule has 0 radical (unpaired) electrons. The quantitative estimate of drug-likeness (QED) is 0.689. The van der Waals surface area contributed by atoms with E-state index >= 15 is 0 Å². The molecule has 0 fully saturated rings. The van der Waals surface area contributed by atoms with Crippen LogP contribution in [0.15, 0.2) is 24.4 Å². The number of aromatic nitrogens is 1. The van der Waals surface area contributed by atoms with E-state index in [1.807, 2.05) is 6.92 Å². The van der Waals surface area contributed by atoms with E-state index in [4.69, 9.17) is 4.74 Å². The Hall–Kier alpha value is -1.38. The average molecular weight is 193 g/mol. The molecule has 0 aromatic carbocycles. The lowest BCUT2D eigenvalue weighted by molar-refractivity contribution is 0.0440. The van der Waals surface area contributed by atoms with Gasteiger partial charge in [0.2, 0.25) is 0 Å². The number of carbonyl (C=O) groups is 1. The number of pyridine rings is 1. The van der Waals surface area contributed by atoms with Crippen LogP contribution in [0.2, 0.25) is 0 Å². The topological polar surface area (TPSA) is 39.2 Å². The van der Waals surface area contributed by atoms with Crippen molar-refractivity contribution in [3.05, 3.63) is 30.1 Å². The first kappa shape index (κ1) is 10.7. The van der Waals surface area contributed by atoms with Gasteiger partial charge in [0.1, 0.15) is 5.69 Å². The van der Waals surface area contributed by atoms with E-state index in [2.05, 4.69) is 11.9 Å². The summed E-state index contributed by atoms with van der Waals surface area (Å²) in [6.45, 7) is 4.58. The molecule has 0 aliphatic rings. The first-order valence-corrected chi connectivity index (χ1v) is 4.82. The van der Waals surface area contributed by atoms with Crippen LogP contribution in [-0.2, 0) is 4.74 Å². The van der Waals surface area contributed by atoms with Gasteiger partial charge < -0.3 is 4.74 Å². The summed E-state index contributed by atoms with van der Waals surface area (Å²) in [5.41, 5.74) is 0.371. The van der Waals surface area contributed by atoms with Crippen molar-refractivity contribution in [3.63, 3.8) is 0 Å². The zero-order valence-corrected chi connectivity index (χ0v) is 8.56. The third-order valence-corrected chi connectivity index (χ3v) is 2.07. The molecule has 1 atom stereocenters. The summed E-state index contributed by atoms with van der Waals surface area (Å²) in [6, 6.07) is 5.19. The Kier molecular flexibility index (Phi) is 4.11. The Morgan fingerprint density at radius 2 is 2.36 bits per heavy atom. The van der Waals surface area contributed by atoms with E-state index in [-0.39, 0.29) is 5.97 Å². The molecule has 0 bridgehead atoms. The lowest BCUT2D eigenvalue weighted by Crippen LogP contribution is -2.12. The Bertz CT molecular complexity index is 285. The van der Waals surface area contributed by atoms with E-state index in [1.165, 1.54) is 0 Å². The van der Waals surface area contributed by atoms with Crippen LogP contribution in [0.1, 0.15) is 30.8 Å². The predicted molar refractivity (Wildman–Crippen MR) is 54.0 cm³/mol. The fourth-order valence-corrected chi connectivity index (χ4v) is 0.893. The van der Waals surface area contributed by atoms with Crippen molar-refractivity contribution in [1.29, 1.82) is 0 Å². The van der Waals surface area contributed by atoms with Gasteiger partial charge in [0.15, 0.2) is 0 Å². The SMILES string of the molecule is CCC(C)COC(=O)c1ccccn1. The second kappa shape index (κ2) is 5.37. The van der Waals surface area contributed by atoms with Crippen LogP contribution in [-0.4, -0.2) is 17.6 Å². The maximum Gasteiger partial charge on any atom is 0.356 e. The van der Waals surface area contributed by atoms with Crippen molar-refractivity contribution in [1.82, 2.24) is 4.98 Å². The van der Waals surface area contributed by atoms with Crippen molar-refractivity contribution in [2.24, 2.45) is 5.92 Å². The van der Waals surface area contributed by atoms with Crippen LogP contribution < -0.4 is 0 Å². The number of hydrogen-bond donors (Lipinski definition) is 0. The summed E-state index contributed by atoms with van der Waals surface area (Å²) in [5, 5.41) is 0. The van der Waals surface area contributed by atoms with Crippen LogP contribution >= 0.6 is 0 Å². The van der Waals surface area contributed by atoms with Crippen molar-refractivity contribution in [2.75, 3.05) is 6.61 Å². The van der Waals surface area contributed by atoms with Gasteiger partial charge in [-0.3, -0.25) is 0 Å². The summed E-state index contributed by atoms with van der Waals surface area (Å²) in [4.78, 5) is 15.3. The van der Waals surface area contributed by atoms with Gasteiger partial charge in [0.25, 0.3) is 0 Å². The zero-order chi connectivity index (χ0) is 10.4. The third-order valence-electron chi connectivity index (χ3n) is 2.07. The molecule has 1 unspecified atom stereocenters. The number of nitrogens with zero attached hydrogens (tertiary/aromatic N) is 1. The molecule has 1 aromatic rings. The van der Waals surface area contributed by atoms with E-state index < -0.39 is 0 Å². The average Bonchev–Trinajstić information content (AvgIpc) is 2.26. The molecule has 0 spiro atoms. The van der Waals surface area contributed by atoms with Crippen molar-refractivity contribution >= 4 is 5.97 Å². The molecule has 0 saturated heterocycles. The summed E-state index contributed by atoms with van der Waals surface area (Å²) < 4.78 is 5.08. The fourth-order valence-electron chi connectivity index (χ4n) is 0.893. The summed E-state index contributed by atoms with van der Waals surface area (Å²) in [7, 11) is 0. The first-order chi connectivity index (χ1) is 6.74. The van der Waals surface area contributed by atoms with Crippen LogP contribution in [0.3, 0.4) is 0 Å². The lowest BCUT2D eigenvalue weighted by atomic mass is 10.1. The van der Waals surface area contributed by atoms with Crippen LogP contribution in [0, 0.1) is 5.92 Å². The van der Waals surface area contributed by atoms with Gasteiger partial charge in [-0.25, -0.2) is 9.78 Å². The predicted octanol–water partition coefficient (Wildman–Crippen LogP) is 2.28. The number of hydrogen-bond acceptors (Lipinski definition) is 3. The van der Waals surface area contributed by atoms with Gasteiger partial charge in [-0.2, -0.15) is 0 Å². The molecule has 0 N–H and O–H groups in total. The highest BCUT2D eigenvalue weighted by Gasteiger charge is 2.08. The first-order valence-electron chi connectivity index (χ1n) is 4.82. The van der Waals surface area contributed by atoms with Crippen LogP contribution in [0.5, 0.6) is 0 Å². The number of rotatable bonds is 4. The second-order valence-corrected chi connectivity index (χ2v) is 3.33. The van der Waals surface area contributed by atoms with Crippen LogP contribution in [0.4, 0.5) is 0 Å². The highest BCUT2D eigenvalue weighted by molar-refractivity contribution is 5.87. The second-order valence-electron chi connectivity index (χ2n) is 3.33. The fraction of sp³-hybridized carbons (Fsp3) is 0.455. The van der Waals surface area contributed by atoms with E-state index in [1.54, 1.807) is 24.4 Å². The minimum Gasteiger partial charge on any atom is -0.461 e. The molecule has 3 nitrogen and oxygen atoms in total. The monoisotopic (exact) mass is 193 g/mol. The number of esters is 1. The largest absolute Gasteiger partial charge is 0.461 e. The minimum atomic E-state index is -0.342. The Balaban J connectivity index is 2.44. The molecular weight excluding hydrogens is 178 g/mol. The van der Waals surface area contributed by atoms with E-state index in [0.29, 0.717) is 18.2 Å². The maximum absolute atomic E-state index is 11.4.